The van der Waals surface area contributed by atoms with Crippen LogP contribution in [0.25, 0.3) is 0 Å². The van der Waals surface area contributed by atoms with Crippen LogP contribution in [0.1, 0.15) is 43.4 Å². The molecule has 0 aromatic heterocycles. The van der Waals surface area contributed by atoms with Crippen LogP contribution >= 0.6 is 22.6 Å². The Labute approximate surface area is 219 Å². The highest BCUT2D eigenvalue weighted by molar-refractivity contribution is 14.1. The molecule has 1 unspecified atom stereocenters. The number of amides is 2. The van der Waals surface area contributed by atoms with E-state index in [0.29, 0.717) is 12.3 Å². The van der Waals surface area contributed by atoms with E-state index in [1.165, 1.54) is 0 Å². The summed E-state index contributed by atoms with van der Waals surface area (Å²) in [5.74, 6) is -0.581. The van der Waals surface area contributed by atoms with Gasteiger partial charge in [0, 0.05) is 22.8 Å². The van der Waals surface area contributed by atoms with Gasteiger partial charge >= 0.3 is 6.09 Å². The number of nitrogens with one attached hydrogen (secondary N) is 1. The maximum absolute atomic E-state index is 13.0. The van der Waals surface area contributed by atoms with Gasteiger partial charge in [0.1, 0.15) is 11.5 Å². The standard InChI is InChI=1S/C28H28IN3O3/c1-28(2,3)35-27(34)32(4)17-18-10-13-21(14-11-18)30-25(19-8-6-5-7-9-19)24-22-15-12-20(29)16-23(22)31-26(24)33/h5-16,24H,17H2,1-4H3,(H,31,33). The summed E-state index contributed by atoms with van der Waals surface area (Å²) >= 11 is 2.24. The second-order valence-corrected chi connectivity index (χ2v) is 10.8. The molecule has 3 aromatic carbocycles. The van der Waals surface area contributed by atoms with Crippen molar-refractivity contribution in [1.82, 2.24) is 4.90 Å². The molecule has 1 N–H and O–H groups in total. The van der Waals surface area contributed by atoms with Gasteiger partial charge < -0.3 is 15.0 Å². The van der Waals surface area contributed by atoms with Gasteiger partial charge in [0.2, 0.25) is 5.91 Å². The first kappa shape index (κ1) is 24.9. The van der Waals surface area contributed by atoms with Crippen molar-refractivity contribution < 1.29 is 14.3 Å². The number of hydrogen-bond acceptors (Lipinski definition) is 4. The normalized spacial score (nSPS) is 15.4. The molecule has 3 aromatic rings. The molecule has 2 amide bonds. The lowest BCUT2D eigenvalue weighted by atomic mass is 9.90. The van der Waals surface area contributed by atoms with Crippen LogP contribution in [0.4, 0.5) is 16.2 Å². The third-order valence-electron chi connectivity index (χ3n) is 5.50. The van der Waals surface area contributed by atoms with Gasteiger partial charge in [0.15, 0.2) is 0 Å². The molecular weight excluding hydrogens is 553 g/mol. The zero-order valence-electron chi connectivity index (χ0n) is 20.2. The molecular formula is C28H28IN3O3. The summed E-state index contributed by atoms with van der Waals surface area (Å²) in [6.45, 7) is 5.96. The lowest BCUT2D eigenvalue weighted by Gasteiger charge is -2.24. The van der Waals surface area contributed by atoms with E-state index < -0.39 is 11.5 Å². The lowest BCUT2D eigenvalue weighted by molar-refractivity contribution is -0.115. The Morgan fingerprint density at radius 2 is 1.74 bits per heavy atom. The van der Waals surface area contributed by atoms with E-state index in [0.717, 1.165) is 31.6 Å². The second-order valence-electron chi connectivity index (χ2n) is 9.52. The molecule has 6 nitrogen and oxygen atoms in total. The molecule has 35 heavy (non-hydrogen) atoms. The number of nitrogens with zero attached hydrogens (tertiary/aromatic N) is 2. The minimum atomic E-state index is -0.540. The number of ether oxygens (including phenoxy) is 1. The van der Waals surface area contributed by atoms with E-state index in [-0.39, 0.29) is 12.0 Å². The fraction of sp³-hybridized carbons (Fsp3) is 0.250. The molecule has 180 valence electrons. The van der Waals surface area contributed by atoms with Gasteiger partial charge in [0.05, 0.1) is 11.4 Å². The molecule has 0 spiro atoms. The maximum atomic E-state index is 13.0. The Hall–Kier alpha value is -3.20. The van der Waals surface area contributed by atoms with Gasteiger partial charge in [-0.2, -0.15) is 0 Å². The Morgan fingerprint density at radius 3 is 2.40 bits per heavy atom. The van der Waals surface area contributed by atoms with Crippen LogP contribution in [0, 0.1) is 3.57 Å². The van der Waals surface area contributed by atoms with Gasteiger partial charge in [-0.1, -0.05) is 48.5 Å². The van der Waals surface area contributed by atoms with Gasteiger partial charge in [-0.05, 0) is 84.3 Å². The Morgan fingerprint density at radius 1 is 1.06 bits per heavy atom. The first-order chi connectivity index (χ1) is 16.6. The van der Waals surface area contributed by atoms with Crippen molar-refractivity contribution in [3.8, 4) is 0 Å². The summed E-state index contributed by atoms with van der Waals surface area (Å²) in [5, 5.41) is 3.01. The van der Waals surface area contributed by atoms with Gasteiger partial charge in [-0.25, -0.2) is 4.79 Å². The Bertz CT molecular complexity index is 1260. The number of anilines is 1. The summed E-state index contributed by atoms with van der Waals surface area (Å²) in [7, 11) is 1.71. The first-order valence-electron chi connectivity index (χ1n) is 11.4. The van der Waals surface area contributed by atoms with Crippen LogP contribution in [-0.2, 0) is 16.1 Å². The van der Waals surface area contributed by atoms with Crippen molar-refractivity contribution in [2.45, 2.75) is 38.8 Å². The number of carbonyl (C=O) groups is 2. The van der Waals surface area contributed by atoms with E-state index in [1.54, 1.807) is 11.9 Å². The third-order valence-corrected chi connectivity index (χ3v) is 6.17. The summed E-state index contributed by atoms with van der Waals surface area (Å²) in [5.41, 5.74) is 4.50. The molecule has 0 radical (unpaired) electrons. The summed E-state index contributed by atoms with van der Waals surface area (Å²) in [6, 6.07) is 23.5. The number of benzene rings is 3. The van der Waals surface area contributed by atoms with Crippen LogP contribution in [0.15, 0.2) is 77.8 Å². The molecule has 4 rings (SSSR count). The van der Waals surface area contributed by atoms with Crippen LogP contribution in [0.3, 0.4) is 0 Å². The van der Waals surface area contributed by atoms with E-state index in [2.05, 4.69) is 27.9 Å². The monoisotopic (exact) mass is 581 g/mol. The van der Waals surface area contributed by atoms with Crippen LogP contribution in [-0.4, -0.2) is 35.3 Å². The number of carbonyl (C=O) groups excluding carboxylic acids is 2. The summed E-state index contributed by atoms with van der Waals surface area (Å²) in [6.07, 6.45) is -0.369. The number of fused-ring (bicyclic) bond motifs is 1. The van der Waals surface area contributed by atoms with Gasteiger partial charge in [-0.3, -0.25) is 9.79 Å². The molecule has 0 saturated carbocycles. The highest BCUT2D eigenvalue weighted by Gasteiger charge is 2.35. The molecule has 0 saturated heterocycles. The van der Waals surface area contributed by atoms with Crippen molar-refractivity contribution in [2.75, 3.05) is 12.4 Å². The zero-order valence-corrected chi connectivity index (χ0v) is 22.4. The highest BCUT2D eigenvalue weighted by Crippen LogP contribution is 2.37. The molecule has 7 heteroatoms. The average molecular weight is 581 g/mol. The van der Waals surface area contributed by atoms with Crippen molar-refractivity contribution in [2.24, 2.45) is 4.99 Å². The smallest absolute Gasteiger partial charge is 0.410 e. The largest absolute Gasteiger partial charge is 0.444 e. The van der Waals surface area contributed by atoms with Crippen molar-refractivity contribution >= 4 is 51.7 Å². The van der Waals surface area contributed by atoms with Crippen molar-refractivity contribution in [3.63, 3.8) is 0 Å². The Kier molecular flexibility index (Phi) is 7.25. The van der Waals surface area contributed by atoms with Gasteiger partial charge in [-0.15, -0.1) is 0 Å². The molecule has 0 bridgehead atoms. The minimum Gasteiger partial charge on any atom is -0.444 e. The topological polar surface area (TPSA) is 71.0 Å². The average Bonchev–Trinajstić information content (AvgIpc) is 3.12. The fourth-order valence-corrected chi connectivity index (χ4v) is 4.40. The molecule has 1 aliphatic rings. The van der Waals surface area contributed by atoms with Crippen LogP contribution < -0.4 is 5.32 Å². The van der Waals surface area contributed by atoms with Crippen LogP contribution in [0.5, 0.6) is 0 Å². The van der Waals surface area contributed by atoms with Crippen molar-refractivity contribution in [3.05, 3.63) is 93.1 Å². The van der Waals surface area contributed by atoms with Crippen molar-refractivity contribution in [1.29, 1.82) is 0 Å². The lowest BCUT2D eigenvalue weighted by Crippen LogP contribution is -2.33. The quantitative estimate of drug-likeness (QED) is 0.276. The minimum absolute atomic E-state index is 0.0831. The van der Waals surface area contributed by atoms with E-state index in [1.807, 2.05) is 93.6 Å². The number of halogens is 1. The Balaban J connectivity index is 1.62. The zero-order chi connectivity index (χ0) is 25.2. The van der Waals surface area contributed by atoms with Crippen LogP contribution in [0.2, 0.25) is 0 Å². The number of hydrogen-bond donors (Lipinski definition) is 1. The molecule has 0 fully saturated rings. The third kappa shape index (κ3) is 6.08. The molecule has 1 aliphatic heterocycles. The van der Waals surface area contributed by atoms with Gasteiger partial charge in [0.25, 0.3) is 0 Å². The predicted molar refractivity (Wildman–Crippen MR) is 147 cm³/mol. The number of aliphatic imine (C=N–C) groups is 1. The SMILES string of the molecule is CN(Cc1ccc(N=C(c2ccccc2)C2C(=O)Nc3cc(I)ccc32)cc1)C(=O)OC(C)(C)C. The highest BCUT2D eigenvalue weighted by atomic mass is 127. The van der Waals surface area contributed by atoms with E-state index in [4.69, 9.17) is 9.73 Å². The number of rotatable bonds is 5. The molecule has 0 aliphatic carbocycles. The predicted octanol–water partition coefficient (Wildman–Crippen LogP) is 6.51. The summed E-state index contributed by atoms with van der Waals surface area (Å²) in [4.78, 5) is 31.8. The molecule has 1 atom stereocenters. The van der Waals surface area contributed by atoms with E-state index >= 15 is 0 Å². The second kappa shape index (κ2) is 10.2. The first-order valence-corrected chi connectivity index (χ1v) is 12.5. The molecule has 1 heterocycles. The summed E-state index contributed by atoms with van der Waals surface area (Å²) < 4.78 is 6.49. The maximum Gasteiger partial charge on any atom is 0.410 e. The van der Waals surface area contributed by atoms with E-state index in [9.17, 15) is 9.59 Å². The fourth-order valence-electron chi connectivity index (χ4n) is 3.90.